The second kappa shape index (κ2) is 7.26. The maximum absolute atomic E-state index is 12.4. The molecule has 7 nitrogen and oxygen atoms in total. The molecule has 23 heavy (non-hydrogen) atoms. The van der Waals surface area contributed by atoms with Gasteiger partial charge in [-0.05, 0) is 25.1 Å². The minimum Gasteiger partial charge on any atom is -0.493 e. The topological polar surface area (TPSA) is 97.5 Å². The summed E-state index contributed by atoms with van der Waals surface area (Å²) in [5.74, 6) is -0.721. The highest BCUT2D eigenvalue weighted by molar-refractivity contribution is 6.06. The van der Waals surface area contributed by atoms with Crippen molar-refractivity contribution in [3.8, 4) is 5.75 Å². The standard InChI is InChI=1S/C16H16N2O5/c1-3-23-13-7-5-4-6-11(13)14(19)18-12-8-10(16(21)22-2)9-17-15(12)20/h4-9H,3H2,1-2H3,(H,17,20)(H,18,19). The fraction of sp³-hybridized carbons (Fsp3) is 0.188. The van der Waals surface area contributed by atoms with E-state index >= 15 is 0 Å². The van der Waals surface area contributed by atoms with E-state index in [0.717, 1.165) is 0 Å². The zero-order valence-electron chi connectivity index (χ0n) is 12.7. The number of esters is 1. The van der Waals surface area contributed by atoms with Crippen molar-refractivity contribution in [2.45, 2.75) is 6.92 Å². The van der Waals surface area contributed by atoms with E-state index in [9.17, 15) is 14.4 Å². The molecule has 0 atom stereocenters. The lowest BCUT2D eigenvalue weighted by atomic mass is 10.2. The van der Waals surface area contributed by atoms with Crippen molar-refractivity contribution in [1.29, 1.82) is 0 Å². The molecule has 0 saturated carbocycles. The van der Waals surface area contributed by atoms with E-state index < -0.39 is 17.4 Å². The molecular weight excluding hydrogens is 300 g/mol. The third kappa shape index (κ3) is 3.76. The van der Waals surface area contributed by atoms with Crippen LogP contribution in [-0.4, -0.2) is 30.6 Å². The Balaban J connectivity index is 2.30. The molecule has 0 aliphatic heterocycles. The average molecular weight is 316 g/mol. The predicted molar refractivity (Wildman–Crippen MR) is 84.0 cm³/mol. The van der Waals surface area contributed by atoms with E-state index in [2.05, 4.69) is 15.0 Å². The van der Waals surface area contributed by atoms with Gasteiger partial charge in [-0.3, -0.25) is 9.59 Å². The first-order valence-electron chi connectivity index (χ1n) is 6.91. The van der Waals surface area contributed by atoms with E-state index in [4.69, 9.17) is 4.74 Å². The van der Waals surface area contributed by atoms with Crippen LogP contribution < -0.4 is 15.6 Å². The fourth-order valence-electron chi connectivity index (χ4n) is 1.94. The van der Waals surface area contributed by atoms with Crippen molar-refractivity contribution in [3.05, 3.63) is 58.0 Å². The smallest absolute Gasteiger partial charge is 0.339 e. The Bertz CT molecular complexity index is 782. The number of pyridine rings is 1. The highest BCUT2D eigenvalue weighted by Crippen LogP contribution is 2.19. The van der Waals surface area contributed by atoms with Crippen LogP contribution in [0.5, 0.6) is 5.75 Å². The lowest BCUT2D eigenvalue weighted by Crippen LogP contribution is -2.21. The molecule has 1 heterocycles. The van der Waals surface area contributed by atoms with Crippen LogP contribution in [0, 0.1) is 0 Å². The molecule has 1 aromatic carbocycles. The summed E-state index contributed by atoms with van der Waals surface area (Å²) in [6.07, 6.45) is 1.22. The Morgan fingerprint density at radius 3 is 2.70 bits per heavy atom. The third-order valence-electron chi connectivity index (χ3n) is 3.00. The number of H-pyrrole nitrogens is 1. The summed E-state index contributed by atoms with van der Waals surface area (Å²) in [7, 11) is 1.23. The predicted octanol–water partition coefficient (Wildman–Crippen LogP) is 1.81. The minimum absolute atomic E-state index is 0.0517. The number of ether oxygens (including phenoxy) is 2. The number of hydrogen-bond acceptors (Lipinski definition) is 5. The lowest BCUT2D eigenvalue weighted by Gasteiger charge is -2.10. The summed E-state index contributed by atoms with van der Waals surface area (Å²) >= 11 is 0. The van der Waals surface area contributed by atoms with Gasteiger partial charge in [0, 0.05) is 6.20 Å². The van der Waals surface area contributed by atoms with Gasteiger partial charge in [-0.1, -0.05) is 12.1 Å². The zero-order chi connectivity index (χ0) is 16.8. The molecule has 1 amide bonds. The van der Waals surface area contributed by atoms with E-state index in [1.807, 2.05) is 0 Å². The summed E-state index contributed by atoms with van der Waals surface area (Å²) in [6.45, 7) is 2.21. The quantitative estimate of drug-likeness (QED) is 0.820. The van der Waals surface area contributed by atoms with Gasteiger partial charge >= 0.3 is 5.97 Å². The molecule has 0 aliphatic rings. The third-order valence-corrected chi connectivity index (χ3v) is 3.00. The number of nitrogens with one attached hydrogen (secondary N) is 2. The largest absolute Gasteiger partial charge is 0.493 e. The molecule has 0 aliphatic carbocycles. The maximum Gasteiger partial charge on any atom is 0.339 e. The number of carbonyl (C=O) groups is 2. The van der Waals surface area contributed by atoms with Crippen molar-refractivity contribution < 1.29 is 19.1 Å². The lowest BCUT2D eigenvalue weighted by molar-refractivity contribution is 0.0600. The number of carbonyl (C=O) groups excluding carboxylic acids is 2. The highest BCUT2D eigenvalue weighted by Gasteiger charge is 2.15. The first kappa shape index (κ1) is 16.3. The van der Waals surface area contributed by atoms with Gasteiger partial charge in [-0.2, -0.15) is 0 Å². The van der Waals surface area contributed by atoms with E-state index in [0.29, 0.717) is 12.4 Å². The number of methoxy groups -OCH3 is 1. The fourth-order valence-corrected chi connectivity index (χ4v) is 1.94. The molecule has 0 spiro atoms. The van der Waals surface area contributed by atoms with Crippen LogP contribution >= 0.6 is 0 Å². The normalized spacial score (nSPS) is 10.0. The molecule has 7 heteroatoms. The Morgan fingerprint density at radius 1 is 1.26 bits per heavy atom. The van der Waals surface area contributed by atoms with Gasteiger partial charge in [-0.15, -0.1) is 0 Å². The Hall–Kier alpha value is -3.09. The zero-order valence-corrected chi connectivity index (χ0v) is 12.7. The molecule has 2 rings (SSSR count). The second-order valence-electron chi connectivity index (χ2n) is 4.51. The van der Waals surface area contributed by atoms with Crippen LogP contribution in [0.4, 0.5) is 5.69 Å². The second-order valence-corrected chi connectivity index (χ2v) is 4.51. The molecule has 1 aromatic heterocycles. The van der Waals surface area contributed by atoms with E-state index in [-0.39, 0.29) is 16.8 Å². The molecule has 0 fully saturated rings. The van der Waals surface area contributed by atoms with Crippen molar-refractivity contribution in [1.82, 2.24) is 4.98 Å². The first-order chi connectivity index (χ1) is 11.1. The van der Waals surface area contributed by atoms with Gasteiger partial charge in [0.15, 0.2) is 0 Å². The molecular formula is C16H16N2O5. The van der Waals surface area contributed by atoms with E-state index in [1.165, 1.54) is 19.4 Å². The summed E-state index contributed by atoms with van der Waals surface area (Å²) < 4.78 is 9.96. The number of hydrogen-bond donors (Lipinski definition) is 2. The van der Waals surface area contributed by atoms with Crippen LogP contribution in [0.15, 0.2) is 41.3 Å². The van der Waals surface area contributed by atoms with Gasteiger partial charge in [0.1, 0.15) is 11.4 Å². The molecule has 0 bridgehead atoms. The minimum atomic E-state index is -0.619. The molecule has 0 saturated heterocycles. The number of amides is 1. The number of aromatic amines is 1. The van der Waals surface area contributed by atoms with Crippen LogP contribution in [0.3, 0.4) is 0 Å². The van der Waals surface area contributed by atoms with Gasteiger partial charge in [0.25, 0.3) is 11.5 Å². The summed E-state index contributed by atoms with van der Waals surface area (Å²) in [6, 6.07) is 7.93. The highest BCUT2D eigenvalue weighted by atomic mass is 16.5. The van der Waals surface area contributed by atoms with Gasteiger partial charge < -0.3 is 19.8 Å². The monoisotopic (exact) mass is 316 g/mol. The molecule has 2 N–H and O–H groups in total. The van der Waals surface area contributed by atoms with Crippen molar-refractivity contribution in [2.75, 3.05) is 19.0 Å². The van der Waals surface area contributed by atoms with Crippen LogP contribution in [0.2, 0.25) is 0 Å². The van der Waals surface area contributed by atoms with Gasteiger partial charge in [0.05, 0.1) is 24.8 Å². The molecule has 120 valence electrons. The van der Waals surface area contributed by atoms with Crippen LogP contribution in [-0.2, 0) is 4.74 Å². The van der Waals surface area contributed by atoms with Gasteiger partial charge in [0.2, 0.25) is 0 Å². The van der Waals surface area contributed by atoms with Crippen molar-refractivity contribution in [2.24, 2.45) is 0 Å². The Labute approximate surface area is 132 Å². The first-order valence-corrected chi connectivity index (χ1v) is 6.91. The molecule has 0 unspecified atom stereocenters. The van der Waals surface area contributed by atoms with Gasteiger partial charge in [-0.25, -0.2) is 4.79 Å². The summed E-state index contributed by atoms with van der Waals surface area (Å²) in [4.78, 5) is 38.0. The van der Waals surface area contributed by atoms with Crippen molar-refractivity contribution >= 4 is 17.6 Å². The number of aromatic nitrogens is 1. The molecule has 2 aromatic rings. The summed E-state index contributed by atoms with van der Waals surface area (Å²) in [5.41, 5.74) is -0.165. The number of rotatable bonds is 5. The average Bonchev–Trinajstić information content (AvgIpc) is 2.57. The Morgan fingerprint density at radius 2 is 2.00 bits per heavy atom. The number of anilines is 1. The SMILES string of the molecule is CCOc1ccccc1C(=O)Nc1cc(C(=O)OC)c[nH]c1=O. The van der Waals surface area contributed by atoms with Crippen molar-refractivity contribution in [3.63, 3.8) is 0 Å². The maximum atomic E-state index is 12.4. The van der Waals surface area contributed by atoms with Crippen LogP contribution in [0.25, 0.3) is 0 Å². The number of para-hydroxylation sites is 1. The van der Waals surface area contributed by atoms with E-state index in [1.54, 1.807) is 31.2 Å². The Kier molecular flexibility index (Phi) is 5.14. The summed E-state index contributed by atoms with van der Waals surface area (Å²) in [5, 5.41) is 2.47. The van der Waals surface area contributed by atoms with Crippen LogP contribution in [0.1, 0.15) is 27.6 Å². The number of benzene rings is 1. The molecule has 0 radical (unpaired) electrons.